The van der Waals surface area contributed by atoms with E-state index in [1.807, 2.05) is 60.7 Å². The second-order valence-electron chi connectivity index (χ2n) is 12.4. The predicted octanol–water partition coefficient (Wildman–Crippen LogP) is 8.86. The molecular weight excluding hydrogens is 646 g/mol. The van der Waals surface area contributed by atoms with E-state index in [1.165, 1.54) is 11.1 Å². The van der Waals surface area contributed by atoms with Crippen molar-refractivity contribution in [1.29, 1.82) is 0 Å². The number of H-pyrrole nitrogens is 1. The summed E-state index contributed by atoms with van der Waals surface area (Å²) in [6, 6.07) is 23.9. The van der Waals surface area contributed by atoms with Crippen LogP contribution in [0.5, 0.6) is 17.2 Å². The Morgan fingerprint density at radius 1 is 0.720 bits per heavy atom. The maximum Gasteiger partial charge on any atom is 0.142 e. The Bertz CT molecular complexity index is 1740. The fourth-order valence-corrected chi connectivity index (χ4v) is 6.22. The monoisotopic (exact) mass is 697 g/mol. The van der Waals surface area contributed by atoms with Crippen molar-refractivity contribution in [2.24, 2.45) is 0 Å². The number of ether oxygens (including phenoxy) is 3. The SMILES string of the molecule is CCN(CC)CCCOc1cc(CCCN(CC)CC)c2nc(-c3ccc(OCCc4ccc(Cl)cc4)cc3OCc3ccccn3)[nH]c2c1. The predicted molar refractivity (Wildman–Crippen MR) is 205 cm³/mol. The van der Waals surface area contributed by atoms with Crippen LogP contribution in [-0.4, -0.2) is 77.2 Å². The van der Waals surface area contributed by atoms with Gasteiger partial charge in [-0.3, -0.25) is 4.98 Å². The van der Waals surface area contributed by atoms with Gasteiger partial charge in [0.1, 0.15) is 29.7 Å². The summed E-state index contributed by atoms with van der Waals surface area (Å²) in [6.07, 6.45) is 5.49. The highest BCUT2D eigenvalue weighted by Crippen LogP contribution is 2.35. The van der Waals surface area contributed by atoms with Gasteiger partial charge in [-0.05, 0) is 106 Å². The number of imidazole rings is 1. The van der Waals surface area contributed by atoms with E-state index in [0.29, 0.717) is 25.6 Å². The number of aromatic amines is 1. The minimum Gasteiger partial charge on any atom is -0.493 e. The van der Waals surface area contributed by atoms with Crippen LogP contribution in [0, 0.1) is 0 Å². The first kappa shape index (κ1) is 37.2. The largest absolute Gasteiger partial charge is 0.493 e. The van der Waals surface area contributed by atoms with E-state index in [2.05, 4.69) is 59.6 Å². The molecule has 0 aliphatic rings. The first-order valence-corrected chi connectivity index (χ1v) is 18.5. The molecule has 0 radical (unpaired) electrons. The standard InChI is InChI=1S/C41H52ClN5O3/c1-5-46(6-2)23-11-13-32-27-36(48-25-12-24-47(7-3)8-4)28-38-40(32)45-41(44-38)37-20-19-35(49-26-21-31-15-17-33(42)18-16-31)29-39(37)50-30-34-14-9-10-22-43-34/h9-10,14-20,22,27-29H,5-8,11-13,21,23-26,30H2,1-4H3,(H,44,45). The molecule has 0 unspecified atom stereocenters. The normalized spacial score (nSPS) is 11.5. The average Bonchev–Trinajstić information content (AvgIpc) is 3.58. The maximum absolute atomic E-state index is 6.41. The van der Waals surface area contributed by atoms with Crippen molar-refractivity contribution in [1.82, 2.24) is 24.8 Å². The molecule has 266 valence electrons. The topological polar surface area (TPSA) is 75.7 Å². The van der Waals surface area contributed by atoms with E-state index in [9.17, 15) is 0 Å². The van der Waals surface area contributed by atoms with E-state index in [4.69, 9.17) is 30.8 Å². The van der Waals surface area contributed by atoms with Gasteiger partial charge >= 0.3 is 0 Å². The van der Waals surface area contributed by atoms with E-state index >= 15 is 0 Å². The number of aryl methyl sites for hydroxylation is 1. The Labute approximate surface area is 302 Å². The Hall–Kier alpha value is -4.11. The molecule has 50 heavy (non-hydrogen) atoms. The first-order chi connectivity index (χ1) is 24.5. The molecule has 2 heterocycles. The number of aromatic nitrogens is 3. The van der Waals surface area contributed by atoms with E-state index < -0.39 is 0 Å². The van der Waals surface area contributed by atoms with Crippen LogP contribution in [0.15, 0.2) is 79.0 Å². The zero-order valence-electron chi connectivity index (χ0n) is 30.1. The summed E-state index contributed by atoms with van der Waals surface area (Å²) in [5.41, 5.74) is 5.98. The zero-order valence-corrected chi connectivity index (χ0v) is 30.8. The van der Waals surface area contributed by atoms with Crippen molar-refractivity contribution in [2.45, 2.75) is 60.0 Å². The van der Waals surface area contributed by atoms with Crippen LogP contribution < -0.4 is 14.2 Å². The molecular formula is C41H52ClN5O3. The van der Waals surface area contributed by atoms with Gasteiger partial charge in [0.2, 0.25) is 0 Å². The number of hydrogen-bond acceptors (Lipinski definition) is 7. The summed E-state index contributed by atoms with van der Waals surface area (Å²) in [7, 11) is 0. The lowest BCUT2D eigenvalue weighted by Gasteiger charge is -2.18. The van der Waals surface area contributed by atoms with Crippen molar-refractivity contribution in [2.75, 3.05) is 52.5 Å². The molecule has 8 nitrogen and oxygen atoms in total. The third-order valence-corrected chi connectivity index (χ3v) is 9.37. The minimum absolute atomic E-state index is 0.324. The summed E-state index contributed by atoms with van der Waals surface area (Å²) in [6.45, 7) is 16.7. The molecule has 2 aromatic heterocycles. The molecule has 5 aromatic rings. The zero-order chi connectivity index (χ0) is 35.1. The Balaban J connectivity index is 1.40. The molecule has 0 saturated carbocycles. The van der Waals surface area contributed by atoms with Gasteiger partial charge in [-0.2, -0.15) is 0 Å². The highest BCUT2D eigenvalue weighted by atomic mass is 35.5. The Kier molecular flexibility index (Phi) is 14.4. The number of nitrogens with zero attached hydrogens (tertiary/aromatic N) is 4. The Morgan fingerprint density at radius 3 is 2.18 bits per heavy atom. The molecule has 1 N–H and O–H groups in total. The van der Waals surface area contributed by atoms with Crippen LogP contribution in [0.25, 0.3) is 22.4 Å². The third-order valence-electron chi connectivity index (χ3n) is 9.12. The highest BCUT2D eigenvalue weighted by molar-refractivity contribution is 6.30. The fourth-order valence-electron chi connectivity index (χ4n) is 6.09. The average molecular weight is 698 g/mol. The van der Waals surface area contributed by atoms with Crippen molar-refractivity contribution < 1.29 is 14.2 Å². The molecule has 0 amide bonds. The fraction of sp³-hybridized carbons (Fsp3) is 0.415. The van der Waals surface area contributed by atoms with Crippen LogP contribution in [0.2, 0.25) is 5.02 Å². The minimum atomic E-state index is 0.324. The van der Waals surface area contributed by atoms with Crippen LogP contribution in [0.3, 0.4) is 0 Å². The summed E-state index contributed by atoms with van der Waals surface area (Å²) in [4.78, 5) is 18.1. The summed E-state index contributed by atoms with van der Waals surface area (Å²) < 4.78 is 18.9. The lowest BCUT2D eigenvalue weighted by Crippen LogP contribution is -2.25. The van der Waals surface area contributed by atoms with Crippen molar-refractivity contribution in [3.63, 3.8) is 0 Å². The number of fused-ring (bicyclic) bond motifs is 1. The second-order valence-corrected chi connectivity index (χ2v) is 12.9. The lowest BCUT2D eigenvalue weighted by atomic mass is 10.1. The van der Waals surface area contributed by atoms with Crippen LogP contribution >= 0.6 is 11.6 Å². The summed E-state index contributed by atoms with van der Waals surface area (Å²) >= 11 is 6.06. The summed E-state index contributed by atoms with van der Waals surface area (Å²) in [5, 5.41) is 0.729. The van der Waals surface area contributed by atoms with Crippen molar-refractivity contribution >= 4 is 22.6 Å². The molecule has 3 aromatic carbocycles. The van der Waals surface area contributed by atoms with Crippen molar-refractivity contribution in [3.8, 4) is 28.6 Å². The first-order valence-electron chi connectivity index (χ1n) is 18.1. The molecule has 0 bridgehead atoms. The highest BCUT2D eigenvalue weighted by Gasteiger charge is 2.17. The van der Waals surface area contributed by atoms with Gasteiger partial charge in [-0.15, -0.1) is 0 Å². The molecule has 0 fully saturated rings. The maximum atomic E-state index is 6.41. The van der Waals surface area contributed by atoms with Gasteiger partial charge < -0.3 is 29.0 Å². The van der Waals surface area contributed by atoms with Crippen LogP contribution in [-0.2, 0) is 19.4 Å². The van der Waals surface area contributed by atoms with Gasteiger partial charge in [0, 0.05) is 36.3 Å². The molecule has 0 aliphatic carbocycles. The van der Waals surface area contributed by atoms with E-state index in [-0.39, 0.29) is 0 Å². The number of nitrogens with one attached hydrogen (secondary N) is 1. The van der Waals surface area contributed by atoms with Gasteiger partial charge in [0.25, 0.3) is 0 Å². The van der Waals surface area contributed by atoms with Gasteiger partial charge in [0.05, 0.1) is 35.5 Å². The lowest BCUT2D eigenvalue weighted by molar-refractivity contribution is 0.249. The van der Waals surface area contributed by atoms with Gasteiger partial charge in [0.15, 0.2) is 0 Å². The van der Waals surface area contributed by atoms with Gasteiger partial charge in [-0.25, -0.2) is 4.98 Å². The smallest absolute Gasteiger partial charge is 0.142 e. The summed E-state index contributed by atoms with van der Waals surface area (Å²) in [5.74, 6) is 3.02. The molecule has 0 saturated heterocycles. The number of halogens is 1. The Morgan fingerprint density at radius 2 is 1.46 bits per heavy atom. The van der Waals surface area contributed by atoms with Crippen LogP contribution in [0.4, 0.5) is 0 Å². The number of benzene rings is 3. The number of rotatable bonds is 21. The molecule has 0 atom stereocenters. The molecule has 9 heteroatoms. The van der Waals surface area contributed by atoms with E-state index in [0.717, 1.165) is 110 Å². The van der Waals surface area contributed by atoms with E-state index in [1.54, 1.807) is 6.20 Å². The molecule has 0 spiro atoms. The number of hydrogen-bond donors (Lipinski definition) is 1. The molecule has 5 rings (SSSR count). The molecule has 0 aliphatic heterocycles. The van der Waals surface area contributed by atoms with Gasteiger partial charge in [-0.1, -0.05) is 57.5 Å². The second kappa shape index (κ2) is 19.3. The van der Waals surface area contributed by atoms with Crippen molar-refractivity contribution in [3.05, 3.63) is 101 Å². The third kappa shape index (κ3) is 10.7. The van der Waals surface area contributed by atoms with Crippen LogP contribution in [0.1, 0.15) is 57.4 Å². The number of pyridine rings is 1. The quantitative estimate of drug-likeness (QED) is 0.0768.